The average Bonchev–Trinajstić information content (AvgIpc) is 3.17. The summed E-state index contributed by atoms with van der Waals surface area (Å²) in [6, 6.07) is 0. The van der Waals surface area contributed by atoms with Gasteiger partial charge >= 0.3 is 0 Å². The van der Waals surface area contributed by atoms with Crippen molar-refractivity contribution in [3.8, 4) is 0 Å². The Labute approximate surface area is 137 Å². The number of aromatic nitrogens is 1. The second-order valence-electron chi connectivity index (χ2n) is 6.89. The van der Waals surface area contributed by atoms with Crippen LogP contribution in [0.4, 0.5) is 0 Å². The zero-order valence-electron chi connectivity index (χ0n) is 14.4. The first-order valence-electron chi connectivity index (χ1n) is 8.65. The van der Waals surface area contributed by atoms with Crippen molar-refractivity contribution < 1.29 is 14.1 Å². The molecule has 0 aliphatic carbocycles. The number of amides is 1. The second kappa shape index (κ2) is 7.01. The first kappa shape index (κ1) is 16.5. The van der Waals surface area contributed by atoms with Gasteiger partial charge in [-0.15, -0.1) is 0 Å². The fraction of sp³-hybridized carbons (Fsp3) is 0.765. The Morgan fingerprint density at radius 3 is 2.65 bits per heavy atom. The van der Waals surface area contributed by atoms with Crippen LogP contribution in [0.2, 0.25) is 0 Å². The zero-order valence-corrected chi connectivity index (χ0v) is 14.4. The van der Waals surface area contributed by atoms with E-state index in [-0.39, 0.29) is 11.8 Å². The maximum atomic E-state index is 12.8. The molecular formula is C17H27N3O3. The van der Waals surface area contributed by atoms with Gasteiger partial charge in [-0.2, -0.15) is 0 Å². The van der Waals surface area contributed by atoms with Crippen LogP contribution < -0.4 is 0 Å². The number of aryl methyl sites for hydroxylation is 1. The van der Waals surface area contributed by atoms with E-state index in [1.54, 1.807) is 0 Å². The summed E-state index contributed by atoms with van der Waals surface area (Å²) in [5.74, 6) is 0.925. The van der Waals surface area contributed by atoms with E-state index in [1.807, 2.05) is 25.7 Å². The SMILES string of the molecule is Cc1noc(C(C)C)c1C(=O)N1CCN(CC2CCCO2)CC1. The van der Waals surface area contributed by atoms with Crippen molar-refractivity contribution in [3.05, 3.63) is 17.0 Å². The molecule has 1 atom stereocenters. The van der Waals surface area contributed by atoms with Gasteiger partial charge in [0.25, 0.3) is 5.91 Å². The molecule has 23 heavy (non-hydrogen) atoms. The molecule has 0 aromatic carbocycles. The predicted octanol–water partition coefficient (Wildman–Crippen LogP) is 2.04. The van der Waals surface area contributed by atoms with Crippen LogP contribution in [0.5, 0.6) is 0 Å². The summed E-state index contributed by atoms with van der Waals surface area (Å²) in [4.78, 5) is 17.2. The second-order valence-corrected chi connectivity index (χ2v) is 6.89. The maximum Gasteiger partial charge on any atom is 0.259 e. The average molecular weight is 321 g/mol. The van der Waals surface area contributed by atoms with Gasteiger partial charge in [0.2, 0.25) is 0 Å². The van der Waals surface area contributed by atoms with Crippen molar-refractivity contribution >= 4 is 5.91 Å². The Balaban J connectivity index is 1.59. The van der Waals surface area contributed by atoms with Gasteiger partial charge in [-0.3, -0.25) is 9.69 Å². The topological polar surface area (TPSA) is 58.8 Å². The van der Waals surface area contributed by atoms with Crippen molar-refractivity contribution in [1.82, 2.24) is 15.0 Å². The highest BCUT2D eigenvalue weighted by Crippen LogP contribution is 2.24. The van der Waals surface area contributed by atoms with Crippen LogP contribution in [0.25, 0.3) is 0 Å². The molecule has 0 radical (unpaired) electrons. The molecule has 1 aromatic rings. The summed E-state index contributed by atoms with van der Waals surface area (Å²) in [6.45, 7) is 11.1. The number of carbonyl (C=O) groups is 1. The monoisotopic (exact) mass is 321 g/mol. The lowest BCUT2D eigenvalue weighted by atomic mass is 10.0. The van der Waals surface area contributed by atoms with E-state index in [9.17, 15) is 4.79 Å². The van der Waals surface area contributed by atoms with E-state index in [0.717, 1.165) is 45.8 Å². The van der Waals surface area contributed by atoms with E-state index in [0.29, 0.717) is 23.1 Å². The highest BCUT2D eigenvalue weighted by Gasteiger charge is 2.30. The van der Waals surface area contributed by atoms with Crippen molar-refractivity contribution in [2.24, 2.45) is 0 Å². The highest BCUT2D eigenvalue weighted by atomic mass is 16.5. The Morgan fingerprint density at radius 2 is 2.04 bits per heavy atom. The third kappa shape index (κ3) is 3.58. The van der Waals surface area contributed by atoms with Crippen LogP contribution in [0.1, 0.15) is 54.4 Å². The Kier molecular flexibility index (Phi) is 5.02. The van der Waals surface area contributed by atoms with Gasteiger partial charge in [-0.25, -0.2) is 0 Å². The van der Waals surface area contributed by atoms with Crippen molar-refractivity contribution in [2.45, 2.75) is 45.6 Å². The van der Waals surface area contributed by atoms with Gasteiger partial charge in [-0.05, 0) is 19.8 Å². The molecule has 2 saturated heterocycles. The number of hydrogen-bond donors (Lipinski definition) is 0. The molecule has 2 aliphatic rings. The van der Waals surface area contributed by atoms with Gasteiger partial charge in [0, 0.05) is 45.2 Å². The highest BCUT2D eigenvalue weighted by molar-refractivity contribution is 5.96. The fourth-order valence-electron chi connectivity index (χ4n) is 3.41. The quantitative estimate of drug-likeness (QED) is 0.849. The molecule has 128 valence electrons. The summed E-state index contributed by atoms with van der Waals surface area (Å²) in [5, 5.41) is 3.99. The predicted molar refractivity (Wildman–Crippen MR) is 86.6 cm³/mol. The number of carbonyl (C=O) groups excluding carboxylic acids is 1. The molecule has 6 heteroatoms. The molecule has 0 saturated carbocycles. The Hall–Kier alpha value is -1.40. The lowest BCUT2D eigenvalue weighted by molar-refractivity contribution is 0.0431. The summed E-state index contributed by atoms with van der Waals surface area (Å²) >= 11 is 0. The molecule has 2 fully saturated rings. The number of nitrogens with zero attached hydrogens (tertiary/aromatic N) is 3. The summed E-state index contributed by atoms with van der Waals surface area (Å²) in [5.41, 5.74) is 1.35. The minimum Gasteiger partial charge on any atom is -0.377 e. The standard InChI is InChI=1S/C17H27N3O3/c1-12(2)16-15(13(3)18-23-16)17(21)20-8-6-19(7-9-20)11-14-5-4-10-22-14/h12,14H,4-11H2,1-3H3. The summed E-state index contributed by atoms with van der Waals surface area (Å²) in [6.07, 6.45) is 2.72. The summed E-state index contributed by atoms with van der Waals surface area (Å²) in [7, 11) is 0. The molecular weight excluding hydrogens is 294 g/mol. The van der Waals surface area contributed by atoms with Crippen LogP contribution in [-0.4, -0.2) is 66.3 Å². The molecule has 0 spiro atoms. The van der Waals surface area contributed by atoms with E-state index in [4.69, 9.17) is 9.26 Å². The van der Waals surface area contributed by atoms with E-state index >= 15 is 0 Å². The van der Waals surface area contributed by atoms with Crippen molar-refractivity contribution in [3.63, 3.8) is 0 Å². The summed E-state index contributed by atoms with van der Waals surface area (Å²) < 4.78 is 11.1. The molecule has 1 amide bonds. The van der Waals surface area contributed by atoms with Gasteiger partial charge in [-0.1, -0.05) is 19.0 Å². The number of hydrogen-bond acceptors (Lipinski definition) is 5. The lowest BCUT2D eigenvalue weighted by Gasteiger charge is -2.35. The minimum atomic E-state index is 0.0595. The van der Waals surface area contributed by atoms with Gasteiger partial charge in [0.1, 0.15) is 5.56 Å². The first-order valence-corrected chi connectivity index (χ1v) is 8.65. The third-order valence-corrected chi connectivity index (χ3v) is 4.77. The number of rotatable bonds is 4. The lowest BCUT2D eigenvalue weighted by Crippen LogP contribution is -2.50. The minimum absolute atomic E-state index is 0.0595. The van der Waals surface area contributed by atoms with E-state index in [2.05, 4.69) is 10.1 Å². The molecule has 3 heterocycles. The van der Waals surface area contributed by atoms with Gasteiger partial charge < -0.3 is 14.2 Å². The van der Waals surface area contributed by atoms with Crippen LogP contribution in [0.3, 0.4) is 0 Å². The molecule has 3 rings (SSSR count). The third-order valence-electron chi connectivity index (χ3n) is 4.77. The normalized spacial score (nSPS) is 23.0. The van der Waals surface area contributed by atoms with Gasteiger partial charge in [0.15, 0.2) is 5.76 Å². The van der Waals surface area contributed by atoms with E-state index < -0.39 is 0 Å². The van der Waals surface area contributed by atoms with Crippen molar-refractivity contribution in [2.75, 3.05) is 39.3 Å². The Bertz CT molecular complexity index is 541. The van der Waals surface area contributed by atoms with Gasteiger partial charge in [0.05, 0.1) is 11.8 Å². The van der Waals surface area contributed by atoms with E-state index in [1.165, 1.54) is 6.42 Å². The van der Waals surface area contributed by atoms with Crippen LogP contribution in [0.15, 0.2) is 4.52 Å². The maximum absolute atomic E-state index is 12.8. The molecule has 0 N–H and O–H groups in total. The number of ether oxygens (including phenoxy) is 1. The smallest absolute Gasteiger partial charge is 0.259 e. The molecule has 2 aliphatic heterocycles. The van der Waals surface area contributed by atoms with Crippen LogP contribution >= 0.6 is 0 Å². The molecule has 1 unspecified atom stereocenters. The van der Waals surface area contributed by atoms with Crippen molar-refractivity contribution in [1.29, 1.82) is 0 Å². The van der Waals surface area contributed by atoms with Crippen LogP contribution in [-0.2, 0) is 4.74 Å². The molecule has 0 bridgehead atoms. The number of piperazine rings is 1. The first-order chi connectivity index (χ1) is 11.1. The zero-order chi connectivity index (χ0) is 16.4. The molecule has 6 nitrogen and oxygen atoms in total. The largest absolute Gasteiger partial charge is 0.377 e. The fourth-order valence-corrected chi connectivity index (χ4v) is 3.41. The Morgan fingerprint density at radius 1 is 1.30 bits per heavy atom. The molecule has 1 aromatic heterocycles. The van der Waals surface area contributed by atoms with Crippen LogP contribution in [0, 0.1) is 6.92 Å².